The van der Waals surface area contributed by atoms with Crippen molar-refractivity contribution in [3.63, 3.8) is 0 Å². The summed E-state index contributed by atoms with van der Waals surface area (Å²) in [5.41, 5.74) is 11.1. The van der Waals surface area contributed by atoms with Crippen LogP contribution in [0.25, 0.3) is 5.57 Å². The van der Waals surface area contributed by atoms with E-state index in [4.69, 9.17) is 5.73 Å². The molecule has 0 bridgehead atoms. The van der Waals surface area contributed by atoms with Gasteiger partial charge in [-0.1, -0.05) is 24.8 Å². The minimum Gasteiger partial charge on any atom is -0.397 e. The molecule has 88 valence electrons. The molecule has 1 heterocycles. The first-order valence-electron chi connectivity index (χ1n) is 5.46. The second-order valence-electron chi connectivity index (χ2n) is 4.08. The monoisotopic (exact) mass is 228 g/mol. The molecular formula is C14H16N2O. The molecule has 0 saturated heterocycles. The minimum atomic E-state index is 0.0219. The third-order valence-electron chi connectivity index (χ3n) is 2.94. The topological polar surface area (TPSA) is 58.3 Å². The Labute approximate surface area is 101 Å². The van der Waals surface area contributed by atoms with Gasteiger partial charge in [-0.15, -0.1) is 0 Å². The van der Waals surface area contributed by atoms with Crippen LogP contribution in [0.5, 0.6) is 0 Å². The van der Waals surface area contributed by atoms with Gasteiger partial charge in [-0.05, 0) is 29.7 Å². The Bertz CT molecular complexity index is 527. The number of benzene rings is 1. The van der Waals surface area contributed by atoms with Gasteiger partial charge in [0, 0.05) is 11.8 Å². The van der Waals surface area contributed by atoms with E-state index in [-0.39, 0.29) is 6.61 Å². The lowest BCUT2D eigenvalue weighted by Gasteiger charge is -2.17. The molecule has 0 aliphatic carbocycles. The van der Waals surface area contributed by atoms with Crippen molar-refractivity contribution in [2.75, 3.05) is 0 Å². The van der Waals surface area contributed by atoms with Crippen LogP contribution in [-0.2, 0) is 6.61 Å². The van der Waals surface area contributed by atoms with E-state index in [2.05, 4.69) is 11.9 Å². The predicted molar refractivity (Wildman–Crippen MR) is 69.6 cm³/mol. The van der Waals surface area contributed by atoms with Gasteiger partial charge in [-0.25, -0.2) is 0 Å². The van der Waals surface area contributed by atoms with Crippen LogP contribution in [0.3, 0.4) is 0 Å². The van der Waals surface area contributed by atoms with Crippen LogP contribution < -0.4 is 11.1 Å². The molecular weight excluding hydrogens is 212 g/mol. The predicted octanol–water partition coefficient (Wildman–Crippen LogP) is 1.79. The highest BCUT2D eigenvalue weighted by atomic mass is 16.3. The van der Waals surface area contributed by atoms with Crippen molar-refractivity contribution in [1.82, 2.24) is 5.32 Å². The maximum Gasteiger partial charge on any atom is 0.0690 e. The number of rotatable bonds is 2. The van der Waals surface area contributed by atoms with E-state index in [1.54, 1.807) is 0 Å². The highest BCUT2D eigenvalue weighted by Crippen LogP contribution is 2.26. The SMILES string of the molecule is C=C1NC=C(c2cccc(C)c2CO)C=C1N. The number of aliphatic hydroxyl groups excluding tert-OH is 1. The number of nitrogens with two attached hydrogens (primary N) is 1. The number of dihydropyridines is 1. The highest BCUT2D eigenvalue weighted by molar-refractivity contribution is 5.79. The molecule has 0 unspecified atom stereocenters. The summed E-state index contributed by atoms with van der Waals surface area (Å²) in [6.07, 6.45) is 3.72. The quantitative estimate of drug-likeness (QED) is 0.723. The summed E-state index contributed by atoms with van der Waals surface area (Å²) >= 11 is 0. The number of allylic oxidation sites excluding steroid dienone is 2. The summed E-state index contributed by atoms with van der Waals surface area (Å²) in [6.45, 7) is 5.79. The molecule has 1 aliphatic heterocycles. The molecule has 1 aliphatic rings. The van der Waals surface area contributed by atoms with Crippen molar-refractivity contribution in [3.8, 4) is 0 Å². The summed E-state index contributed by atoms with van der Waals surface area (Å²) in [6, 6.07) is 5.93. The first-order chi connectivity index (χ1) is 8.13. The molecule has 3 heteroatoms. The van der Waals surface area contributed by atoms with E-state index in [0.717, 1.165) is 22.3 Å². The number of hydrogen-bond donors (Lipinski definition) is 3. The van der Waals surface area contributed by atoms with Gasteiger partial charge in [0.15, 0.2) is 0 Å². The lowest BCUT2D eigenvalue weighted by Crippen LogP contribution is -2.17. The maximum absolute atomic E-state index is 9.43. The summed E-state index contributed by atoms with van der Waals surface area (Å²) < 4.78 is 0. The normalized spacial score (nSPS) is 15.1. The van der Waals surface area contributed by atoms with E-state index in [1.807, 2.05) is 37.4 Å². The second kappa shape index (κ2) is 4.47. The largest absolute Gasteiger partial charge is 0.397 e. The fourth-order valence-electron chi connectivity index (χ4n) is 1.88. The second-order valence-corrected chi connectivity index (χ2v) is 4.08. The van der Waals surface area contributed by atoms with Gasteiger partial charge in [0.25, 0.3) is 0 Å². The fraction of sp³-hybridized carbons (Fsp3) is 0.143. The van der Waals surface area contributed by atoms with E-state index in [1.165, 1.54) is 0 Å². The fourth-order valence-corrected chi connectivity index (χ4v) is 1.88. The standard InChI is InChI=1S/C14H16N2O/c1-9-4-3-5-12(13(9)8-17)11-6-14(15)10(2)16-7-11/h3-7,16-17H,2,8,15H2,1H3. The van der Waals surface area contributed by atoms with Crippen LogP contribution in [0.1, 0.15) is 16.7 Å². The number of aliphatic hydroxyl groups is 1. The van der Waals surface area contributed by atoms with Crippen LogP contribution in [0.4, 0.5) is 0 Å². The molecule has 0 radical (unpaired) electrons. The van der Waals surface area contributed by atoms with Crippen LogP contribution in [-0.4, -0.2) is 5.11 Å². The molecule has 0 amide bonds. The molecule has 17 heavy (non-hydrogen) atoms. The van der Waals surface area contributed by atoms with Crippen molar-refractivity contribution in [3.05, 3.63) is 65.1 Å². The molecule has 0 atom stereocenters. The molecule has 0 saturated carbocycles. The van der Waals surface area contributed by atoms with Crippen molar-refractivity contribution in [2.45, 2.75) is 13.5 Å². The third kappa shape index (κ3) is 2.10. The van der Waals surface area contributed by atoms with Gasteiger partial charge in [-0.2, -0.15) is 0 Å². The van der Waals surface area contributed by atoms with Gasteiger partial charge in [0.2, 0.25) is 0 Å². The lowest BCUT2D eigenvalue weighted by atomic mass is 9.95. The van der Waals surface area contributed by atoms with Crippen molar-refractivity contribution >= 4 is 5.57 Å². The minimum absolute atomic E-state index is 0.0219. The first-order valence-corrected chi connectivity index (χ1v) is 5.46. The first kappa shape index (κ1) is 11.5. The molecule has 3 nitrogen and oxygen atoms in total. The van der Waals surface area contributed by atoms with E-state index < -0.39 is 0 Å². The van der Waals surface area contributed by atoms with Crippen LogP contribution in [0.2, 0.25) is 0 Å². The van der Waals surface area contributed by atoms with E-state index >= 15 is 0 Å². The molecule has 0 aromatic heterocycles. The molecule has 4 N–H and O–H groups in total. The summed E-state index contributed by atoms with van der Waals surface area (Å²) in [7, 11) is 0. The summed E-state index contributed by atoms with van der Waals surface area (Å²) in [5, 5.41) is 12.5. The molecule has 1 aromatic rings. The average molecular weight is 228 g/mol. The van der Waals surface area contributed by atoms with Gasteiger partial charge >= 0.3 is 0 Å². The Kier molecular flexibility index (Phi) is 3.02. The third-order valence-corrected chi connectivity index (χ3v) is 2.94. The van der Waals surface area contributed by atoms with Crippen LogP contribution in [0.15, 0.2) is 48.4 Å². The van der Waals surface area contributed by atoms with Gasteiger partial charge in [0.05, 0.1) is 18.0 Å². The number of nitrogens with one attached hydrogen (secondary N) is 1. The van der Waals surface area contributed by atoms with E-state index in [9.17, 15) is 5.11 Å². The smallest absolute Gasteiger partial charge is 0.0690 e. The van der Waals surface area contributed by atoms with Crippen molar-refractivity contribution in [1.29, 1.82) is 0 Å². The zero-order valence-electron chi connectivity index (χ0n) is 9.83. The Hall–Kier alpha value is -2.00. The van der Waals surface area contributed by atoms with Crippen molar-refractivity contribution < 1.29 is 5.11 Å². The number of aryl methyl sites for hydroxylation is 1. The summed E-state index contributed by atoms with van der Waals surface area (Å²) in [5.74, 6) is 0. The Morgan fingerprint density at radius 2 is 2.18 bits per heavy atom. The Balaban J connectivity index is 2.49. The molecule has 1 aromatic carbocycles. The lowest BCUT2D eigenvalue weighted by molar-refractivity contribution is 0.280. The summed E-state index contributed by atoms with van der Waals surface area (Å²) in [4.78, 5) is 0. The van der Waals surface area contributed by atoms with Gasteiger partial charge in [-0.3, -0.25) is 0 Å². The van der Waals surface area contributed by atoms with Crippen LogP contribution >= 0.6 is 0 Å². The van der Waals surface area contributed by atoms with Gasteiger partial charge in [0.1, 0.15) is 0 Å². The average Bonchev–Trinajstić information content (AvgIpc) is 2.32. The maximum atomic E-state index is 9.43. The highest BCUT2D eigenvalue weighted by Gasteiger charge is 2.11. The molecule has 2 rings (SSSR count). The van der Waals surface area contributed by atoms with E-state index in [0.29, 0.717) is 11.4 Å². The van der Waals surface area contributed by atoms with Gasteiger partial charge < -0.3 is 16.2 Å². The van der Waals surface area contributed by atoms with Crippen molar-refractivity contribution in [2.24, 2.45) is 5.73 Å². The van der Waals surface area contributed by atoms with Crippen LogP contribution in [0, 0.1) is 6.92 Å². The zero-order valence-corrected chi connectivity index (χ0v) is 9.83. The number of hydrogen-bond acceptors (Lipinski definition) is 3. The Morgan fingerprint density at radius 3 is 2.82 bits per heavy atom. The Morgan fingerprint density at radius 1 is 1.41 bits per heavy atom. The molecule has 0 fully saturated rings. The zero-order chi connectivity index (χ0) is 12.4. The molecule has 0 spiro atoms.